The molecule has 1 atom stereocenters. The molecular weight excluding hydrogens is 368 g/mol. The van der Waals surface area contributed by atoms with E-state index in [0.29, 0.717) is 6.61 Å². The number of fused-ring (bicyclic) bond motifs is 1. The molecule has 2 fully saturated rings. The molecule has 0 saturated carbocycles. The van der Waals surface area contributed by atoms with Gasteiger partial charge in [0.1, 0.15) is 18.5 Å². The minimum Gasteiger partial charge on any atom is -0.491 e. The Kier molecular flexibility index (Phi) is 4.85. The number of epoxide rings is 1. The van der Waals surface area contributed by atoms with Crippen molar-refractivity contribution < 1.29 is 14.2 Å². The van der Waals surface area contributed by atoms with Crippen molar-refractivity contribution in [2.75, 3.05) is 44.4 Å². The maximum absolute atomic E-state index is 5.88. The van der Waals surface area contributed by atoms with E-state index in [1.54, 1.807) is 0 Å². The van der Waals surface area contributed by atoms with Crippen LogP contribution in [0.3, 0.4) is 0 Å². The molecular formula is C22H26N4O3. The predicted molar refractivity (Wildman–Crippen MR) is 112 cm³/mol. The minimum absolute atomic E-state index is 0.237. The Hall–Kier alpha value is -2.64. The van der Waals surface area contributed by atoms with Gasteiger partial charge in [0.15, 0.2) is 5.65 Å². The summed E-state index contributed by atoms with van der Waals surface area (Å²) >= 11 is 0. The van der Waals surface area contributed by atoms with Crippen molar-refractivity contribution in [2.45, 2.75) is 26.0 Å². The highest BCUT2D eigenvalue weighted by atomic mass is 16.6. The maximum Gasteiger partial charge on any atom is 0.160 e. The fraction of sp³-hybridized carbons (Fsp3) is 0.455. The molecule has 0 spiro atoms. The van der Waals surface area contributed by atoms with Gasteiger partial charge in [-0.05, 0) is 32.0 Å². The third-order valence-electron chi connectivity index (χ3n) is 5.35. The second-order valence-corrected chi connectivity index (χ2v) is 7.84. The van der Waals surface area contributed by atoms with Crippen LogP contribution in [0.4, 0.5) is 5.69 Å². The van der Waals surface area contributed by atoms with E-state index in [1.807, 2.05) is 23.0 Å². The Bertz CT molecular complexity index is 1010. The molecule has 5 rings (SSSR count). The van der Waals surface area contributed by atoms with Crippen LogP contribution in [0.1, 0.15) is 19.9 Å². The number of morpholine rings is 1. The smallest absolute Gasteiger partial charge is 0.160 e. The van der Waals surface area contributed by atoms with E-state index in [9.17, 15) is 0 Å². The summed E-state index contributed by atoms with van der Waals surface area (Å²) < 4.78 is 18.7. The average Bonchev–Trinajstić information content (AvgIpc) is 3.48. The number of aromatic nitrogens is 3. The summed E-state index contributed by atoms with van der Waals surface area (Å²) in [6, 6.07) is 10.5. The quantitative estimate of drug-likeness (QED) is 0.598. The maximum atomic E-state index is 5.88. The van der Waals surface area contributed by atoms with Crippen molar-refractivity contribution in [3.05, 3.63) is 36.5 Å². The molecule has 7 nitrogen and oxygen atoms in total. The largest absolute Gasteiger partial charge is 0.491 e. The molecule has 0 amide bonds. The Morgan fingerprint density at radius 3 is 2.79 bits per heavy atom. The minimum atomic E-state index is 0.237. The molecule has 2 aromatic heterocycles. The summed E-state index contributed by atoms with van der Waals surface area (Å²) in [7, 11) is 0. The summed E-state index contributed by atoms with van der Waals surface area (Å²) in [5, 5.41) is 5.70. The average molecular weight is 394 g/mol. The molecule has 2 aliphatic heterocycles. The summed E-state index contributed by atoms with van der Waals surface area (Å²) in [6.45, 7) is 8.86. The van der Waals surface area contributed by atoms with Crippen molar-refractivity contribution in [1.29, 1.82) is 0 Å². The standard InChI is InChI=1S/C22H26N4O3/c1-15(2)26-22-19(12-23-26)21(25-6-8-27-9-7-25)11-20(24-22)16-4-3-5-17(10-16)28-13-18-14-29-18/h3-5,10-12,15,18H,6-9,13-14H2,1-2H3/t18-/m0/s1. The Balaban J connectivity index is 1.57. The van der Waals surface area contributed by atoms with E-state index in [4.69, 9.17) is 19.2 Å². The van der Waals surface area contributed by atoms with Gasteiger partial charge in [-0.2, -0.15) is 5.10 Å². The van der Waals surface area contributed by atoms with Gasteiger partial charge >= 0.3 is 0 Å². The molecule has 1 aromatic carbocycles. The third-order valence-corrected chi connectivity index (χ3v) is 5.35. The molecule has 2 saturated heterocycles. The number of hydrogen-bond donors (Lipinski definition) is 0. The van der Waals surface area contributed by atoms with Gasteiger partial charge < -0.3 is 19.1 Å². The molecule has 29 heavy (non-hydrogen) atoms. The van der Waals surface area contributed by atoms with E-state index in [0.717, 1.165) is 66.6 Å². The SMILES string of the molecule is CC(C)n1ncc2c(N3CCOCC3)cc(-c3cccc(OC[C@H]4CO4)c3)nc21. The third kappa shape index (κ3) is 3.80. The lowest BCUT2D eigenvalue weighted by atomic mass is 10.1. The number of benzene rings is 1. The Morgan fingerprint density at radius 2 is 2.03 bits per heavy atom. The number of anilines is 1. The summed E-state index contributed by atoms with van der Waals surface area (Å²) in [4.78, 5) is 7.36. The molecule has 2 aliphatic rings. The van der Waals surface area contributed by atoms with Gasteiger partial charge in [0.2, 0.25) is 0 Å². The highest BCUT2D eigenvalue weighted by molar-refractivity contribution is 5.92. The Labute approximate surface area is 170 Å². The Morgan fingerprint density at radius 1 is 1.21 bits per heavy atom. The van der Waals surface area contributed by atoms with Crippen LogP contribution >= 0.6 is 0 Å². The molecule has 0 radical (unpaired) electrons. The molecule has 3 aromatic rings. The van der Waals surface area contributed by atoms with Crippen LogP contribution in [0, 0.1) is 0 Å². The fourth-order valence-corrected chi connectivity index (χ4v) is 3.69. The van der Waals surface area contributed by atoms with Crippen LogP contribution in [0.5, 0.6) is 5.75 Å². The number of nitrogens with zero attached hydrogens (tertiary/aromatic N) is 4. The summed E-state index contributed by atoms with van der Waals surface area (Å²) in [5.74, 6) is 0.838. The molecule has 0 bridgehead atoms. The van der Waals surface area contributed by atoms with E-state index in [1.165, 1.54) is 0 Å². The molecule has 7 heteroatoms. The zero-order chi connectivity index (χ0) is 19.8. The van der Waals surface area contributed by atoms with Crippen molar-refractivity contribution in [2.24, 2.45) is 0 Å². The number of rotatable bonds is 6. The van der Waals surface area contributed by atoms with Crippen LogP contribution in [-0.4, -0.2) is 60.4 Å². The van der Waals surface area contributed by atoms with Gasteiger partial charge in [-0.3, -0.25) is 0 Å². The highest BCUT2D eigenvalue weighted by Gasteiger charge is 2.23. The van der Waals surface area contributed by atoms with Crippen LogP contribution in [0.2, 0.25) is 0 Å². The van der Waals surface area contributed by atoms with Crippen LogP contribution in [-0.2, 0) is 9.47 Å². The summed E-state index contributed by atoms with van der Waals surface area (Å²) in [6.07, 6.45) is 2.17. The van der Waals surface area contributed by atoms with Crippen LogP contribution in [0.15, 0.2) is 36.5 Å². The van der Waals surface area contributed by atoms with E-state index < -0.39 is 0 Å². The second kappa shape index (κ2) is 7.65. The molecule has 0 unspecified atom stereocenters. The zero-order valence-electron chi connectivity index (χ0n) is 16.9. The van der Waals surface area contributed by atoms with Crippen molar-refractivity contribution in [1.82, 2.24) is 14.8 Å². The van der Waals surface area contributed by atoms with Gasteiger partial charge in [-0.25, -0.2) is 9.67 Å². The van der Waals surface area contributed by atoms with E-state index >= 15 is 0 Å². The molecule has 0 N–H and O–H groups in total. The predicted octanol–water partition coefficient (Wildman–Crippen LogP) is 3.29. The molecule has 4 heterocycles. The van der Waals surface area contributed by atoms with E-state index in [-0.39, 0.29) is 12.1 Å². The number of hydrogen-bond acceptors (Lipinski definition) is 6. The molecule has 152 valence electrons. The first-order valence-electron chi connectivity index (χ1n) is 10.2. The van der Waals surface area contributed by atoms with Crippen LogP contribution < -0.4 is 9.64 Å². The number of ether oxygens (including phenoxy) is 3. The lowest BCUT2D eigenvalue weighted by molar-refractivity contribution is 0.123. The van der Waals surface area contributed by atoms with Gasteiger partial charge in [-0.1, -0.05) is 12.1 Å². The van der Waals surface area contributed by atoms with Gasteiger partial charge in [0, 0.05) is 24.7 Å². The van der Waals surface area contributed by atoms with Crippen molar-refractivity contribution in [3.63, 3.8) is 0 Å². The fourth-order valence-electron chi connectivity index (χ4n) is 3.69. The lowest BCUT2D eigenvalue weighted by Crippen LogP contribution is -2.36. The first kappa shape index (κ1) is 18.4. The lowest BCUT2D eigenvalue weighted by Gasteiger charge is -2.29. The zero-order valence-corrected chi connectivity index (χ0v) is 16.9. The number of pyridine rings is 1. The topological polar surface area (TPSA) is 64.9 Å². The van der Waals surface area contributed by atoms with Crippen LogP contribution in [0.25, 0.3) is 22.3 Å². The van der Waals surface area contributed by atoms with Crippen molar-refractivity contribution in [3.8, 4) is 17.0 Å². The highest BCUT2D eigenvalue weighted by Crippen LogP contribution is 2.33. The van der Waals surface area contributed by atoms with Gasteiger partial charge in [0.05, 0.1) is 42.8 Å². The normalized spacial score (nSPS) is 19.1. The summed E-state index contributed by atoms with van der Waals surface area (Å²) in [5.41, 5.74) is 4.04. The van der Waals surface area contributed by atoms with Crippen molar-refractivity contribution >= 4 is 16.7 Å². The first-order chi connectivity index (χ1) is 14.2. The van der Waals surface area contributed by atoms with Gasteiger partial charge in [0.25, 0.3) is 0 Å². The monoisotopic (exact) mass is 394 g/mol. The van der Waals surface area contributed by atoms with Gasteiger partial charge in [-0.15, -0.1) is 0 Å². The van der Waals surface area contributed by atoms with E-state index in [2.05, 4.69) is 42.0 Å². The second-order valence-electron chi connectivity index (χ2n) is 7.84. The molecule has 0 aliphatic carbocycles. The first-order valence-corrected chi connectivity index (χ1v) is 10.2.